The number of amides is 2. The van der Waals surface area contributed by atoms with Gasteiger partial charge < -0.3 is 19.5 Å². The number of hydrogen-bond acceptors (Lipinski definition) is 7. The van der Waals surface area contributed by atoms with Crippen molar-refractivity contribution in [2.45, 2.75) is 13.8 Å². The van der Waals surface area contributed by atoms with Crippen molar-refractivity contribution in [3.05, 3.63) is 82.9 Å². The summed E-state index contributed by atoms with van der Waals surface area (Å²) in [5.74, 6) is -1.22. The van der Waals surface area contributed by atoms with Crippen LogP contribution in [0.15, 0.2) is 71.8 Å². The van der Waals surface area contributed by atoms with E-state index in [4.69, 9.17) is 25.8 Å². The van der Waals surface area contributed by atoms with E-state index in [-0.39, 0.29) is 5.75 Å². The van der Waals surface area contributed by atoms with E-state index in [2.05, 4.69) is 15.8 Å². The number of rotatable bonds is 9. The van der Waals surface area contributed by atoms with Crippen LogP contribution in [-0.2, 0) is 9.59 Å². The predicted molar refractivity (Wildman–Crippen MR) is 136 cm³/mol. The zero-order valence-electron chi connectivity index (χ0n) is 19.6. The minimum atomic E-state index is -0.946. The standard InChI is InChI=1S/C26H24ClN3O6/c1-3-34-21-12-10-20(11-13-21)29-24(31)25(32)30-28-16-17-5-14-22(23(15-17)35-4-2)36-26(33)18-6-8-19(27)9-7-18/h5-16H,3-4H2,1-2H3,(H,29,31)(H,30,32). The fourth-order valence-corrected chi connectivity index (χ4v) is 3.03. The van der Waals surface area contributed by atoms with Crippen LogP contribution in [0.1, 0.15) is 29.8 Å². The van der Waals surface area contributed by atoms with Crippen LogP contribution >= 0.6 is 11.6 Å². The third kappa shape index (κ3) is 7.57. The molecule has 0 heterocycles. The van der Waals surface area contributed by atoms with Crippen LogP contribution in [0.5, 0.6) is 17.2 Å². The number of ether oxygens (including phenoxy) is 3. The Morgan fingerprint density at radius 1 is 0.861 bits per heavy atom. The Hall–Kier alpha value is -4.37. The maximum atomic E-state index is 12.4. The van der Waals surface area contributed by atoms with Crippen molar-refractivity contribution in [2.75, 3.05) is 18.5 Å². The molecule has 186 valence electrons. The number of hydrazone groups is 1. The number of carbonyl (C=O) groups is 3. The molecule has 10 heteroatoms. The monoisotopic (exact) mass is 509 g/mol. The number of halogens is 1. The van der Waals surface area contributed by atoms with Crippen molar-refractivity contribution in [2.24, 2.45) is 5.10 Å². The van der Waals surface area contributed by atoms with Crippen LogP contribution in [0, 0.1) is 0 Å². The number of nitrogens with zero attached hydrogens (tertiary/aromatic N) is 1. The smallest absolute Gasteiger partial charge is 0.343 e. The topological polar surface area (TPSA) is 115 Å². The summed E-state index contributed by atoms with van der Waals surface area (Å²) >= 11 is 5.85. The lowest BCUT2D eigenvalue weighted by Crippen LogP contribution is -2.32. The molecule has 0 aliphatic heterocycles. The minimum absolute atomic E-state index is 0.215. The largest absolute Gasteiger partial charge is 0.494 e. The van der Waals surface area contributed by atoms with E-state index >= 15 is 0 Å². The Bertz CT molecular complexity index is 1240. The molecule has 0 atom stereocenters. The summed E-state index contributed by atoms with van der Waals surface area (Å²) < 4.78 is 16.4. The molecule has 0 saturated heterocycles. The minimum Gasteiger partial charge on any atom is -0.494 e. The number of carbonyl (C=O) groups excluding carboxylic acids is 3. The van der Waals surface area contributed by atoms with Crippen LogP contribution in [0.3, 0.4) is 0 Å². The Morgan fingerprint density at radius 3 is 2.22 bits per heavy atom. The summed E-state index contributed by atoms with van der Waals surface area (Å²) in [6, 6.07) is 17.6. The molecule has 0 spiro atoms. The van der Waals surface area contributed by atoms with E-state index in [0.29, 0.717) is 46.5 Å². The lowest BCUT2D eigenvalue weighted by atomic mass is 10.2. The molecule has 2 amide bonds. The van der Waals surface area contributed by atoms with Crippen LogP contribution in [-0.4, -0.2) is 37.2 Å². The van der Waals surface area contributed by atoms with Crippen LogP contribution in [0.4, 0.5) is 5.69 Å². The van der Waals surface area contributed by atoms with E-state index in [9.17, 15) is 14.4 Å². The van der Waals surface area contributed by atoms with Gasteiger partial charge in [0.15, 0.2) is 11.5 Å². The second-order valence-corrected chi connectivity index (χ2v) is 7.58. The Kier molecular flexibility index (Phi) is 9.41. The molecule has 3 aromatic rings. The van der Waals surface area contributed by atoms with E-state index in [1.807, 2.05) is 6.92 Å². The van der Waals surface area contributed by atoms with Crippen molar-refractivity contribution < 1.29 is 28.6 Å². The third-order valence-electron chi connectivity index (χ3n) is 4.56. The lowest BCUT2D eigenvalue weighted by Gasteiger charge is -2.11. The van der Waals surface area contributed by atoms with E-state index < -0.39 is 17.8 Å². The number of hydrogen-bond donors (Lipinski definition) is 2. The first-order chi connectivity index (χ1) is 17.4. The molecule has 9 nitrogen and oxygen atoms in total. The molecule has 0 unspecified atom stereocenters. The molecule has 0 aliphatic carbocycles. The lowest BCUT2D eigenvalue weighted by molar-refractivity contribution is -0.136. The van der Waals surface area contributed by atoms with Gasteiger partial charge in [-0.3, -0.25) is 9.59 Å². The van der Waals surface area contributed by atoms with Crippen molar-refractivity contribution in [1.29, 1.82) is 0 Å². The van der Waals surface area contributed by atoms with Gasteiger partial charge in [0.2, 0.25) is 0 Å². The van der Waals surface area contributed by atoms with Gasteiger partial charge in [0, 0.05) is 10.7 Å². The van der Waals surface area contributed by atoms with Crippen LogP contribution in [0.25, 0.3) is 0 Å². The zero-order valence-corrected chi connectivity index (χ0v) is 20.4. The second kappa shape index (κ2) is 12.9. The molecule has 2 N–H and O–H groups in total. The fraction of sp³-hybridized carbons (Fsp3) is 0.154. The van der Waals surface area contributed by atoms with Crippen LogP contribution in [0.2, 0.25) is 5.02 Å². The average molecular weight is 510 g/mol. The third-order valence-corrected chi connectivity index (χ3v) is 4.81. The van der Waals surface area contributed by atoms with Gasteiger partial charge in [0.25, 0.3) is 0 Å². The molecule has 0 saturated carbocycles. The summed E-state index contributed by atoms with van der Waals surface area (Å²) in [6.07, 6.45) is 1.33. The van der Waals surface area contributed by atoms with Gasteiger partial charge in [-0.15, -0.1) is 0 Å². The van der Waals surface area contributed by atoms with Crippen LogP contribution < -0.4 is 25.0 Å². The molecule has 0 radical (unpaired) electrons. The molecular weight excluding hydrogens is 486 g/mol. The molecule has 0 aliphatic rings. The van der Waals surface area contributed by atoms with E-state index in [1.54, 1.807) is 73.7 Å². The summed E-state index contributed by atoms with van der Waals surface area (Å²) in [5, 5.41) is 6.79. The summed E-state index contributed by atoms with van der Waals surface area (Å²) in [7, 11) is 0. The van der Waals surface area contributed by atoms with Gasteiger partial charge in [-0.1, -0.05) is 11.6 Å². The van der Waals surface area contributed by atoms with Gasteiger partial charge in [-0.25, -0.2) is 10.2 Å². The number of nitrogens with one attached hydrogen (secondary N) is 2. The summed E-state index contributed by atoms with van der Waals surface area (Å²) in [5.41, 5.74) is 3.47. The Morgan fingerprint density at radius 2 is 1.56 bits per heavy atom. The summed E-state index contributed by atoms with van der Waals surface area (Å²) in [6.45, 7) is 4.50. The normalized spacial score (nSPS) is 10.5. The first-order valence-electron chi connectivity index (χ1n) is 11.0. The molecule has 0 aromatic heterocycles. The highest BCUT2D eigenvalue weighted by molar-refractivity contribution is 6.39. The first kappa shape index (κ1) is 26.2. The zero-order chi connectivity index (χ0) is 25.9. The second-order valence-electron chi connectivity index (χ2n) is 7.15. The van der Waals surface area contributed by atoms with Gasteiger partial charge in [0.1, 0.15) is 5.75 Å². The molecular formula is C26H24ClN3O6. The van der Waals surface area contributed by atoms with Gasteiger partial charge in [0.05, 0.1) is 25.0 Å². The fourth-order valence-electron chi connectivity index (χ4n) is 2.91. The predicted octanol–water partition coefficient (Wildman–Crippen LogP) is 4.45. The van der Waals surface area contributed by atoms with Crippen molar-refractivity contribution in [3.8, 4) is 17.2 Å². The quantitative estimate of drug-likeness (QED) is 0.145. The molecule has 3 aromatic carbocycles. The molecule has 0 fully saturated rings. The molecule has 0 bridgehead atoms. The Labute approximate surface area is 213 Å². The van der Waals surface area contributed by atoms with Gasteiger partial charge in [-0.05, 0) is 86.1 Å². The van der Waals surface area contributed by atoms with E-state index in [0.717, 1.165) is 0 Å². The van der Waals surface area contributed by atoms with Gasteiger partial charge in [-0.2, -0.15) is 5.10 Å². The average Bonchev–Trinajstić information content (AvgIpc) is 2.87. The summed E-state index contributed by atoms with van der Waals surface area (Å²) in [4.78, 5) is 36.6. The number of anilines is 1. The highest BCUT2D eigenvalue weighted by atomic mass is 35.5. The van der Waals surface area contributed by atoms with Crippen molar-refractivity contribution in [1.82, 2.24) is 5.43 Å². The SMILES string of the molecule is CCOc1ccc(NC(=O)C(=O)NN=Cc2ccc(OC(=O)c3ccc(Cl)cc3)c(OCC)c2)cc1. The first-order valence-corrected chi connectivity index (χ1v) is 11.4. The van der Waals surface area contributed by atoms with Gasteiger partial charge >= 0.3 is 17.8 Å². The molecule has 3 rings (SSSR count). The Balaban J connectivity index is 1.59. The highest BCUT2D eigenvalue weighted by Crippen LogP contribution is 2.29. The highest BCUT2D eigenvalue weighted by Gasteiger charge is 2.15. The maximum absolute atomic E-state index is 12.4. The molecule has 36 heavy (non-hydrogen) atoms. The van der Waals surface area contributed by atoms with E-state index in [1.165, 1.54) is 6.21 Å². The number of benzene rings is 3. The van der Waals surface area contributed by atoms with Crippen molar-refractivity contribution in [3.63, 3.8) is 0 Å². The number of esters is 1. The maximum Gasteiger partial charge on any atom is 0.343 e. The van der Waals surface area contributed by atoms with Crippen molar-refractivity contribution >= 4 is 41.3 Å².